The van der Waals surface area contributed by atoms with E-state index in [2.05, 4.69) is 10.3 Å². The van der Waals surface area contributed by atoms with Crippen molar-refractivity contribution in [3.05, 3.63) is 76.9 Å². The molecule has 7 nitrogen and oxygen atoms in total. The second kappa shape index (κ2) is 9.48. The number of aromatic amines is 1. The minimum absolute atomic E-state index is 0.185. The van der Waals surface area contributed by atoms with Crippen LogP contribution in [-0.4, -0.2) is 42.2 Å². The molecule has 8 heteroatoms. The number of hydrogen-bond acceptors (Lipinski definition) is 5. The quantitative estimate of drug-likeness (QED) is 0.386. The van der Waals surface area contributed by atoms with Crippen LogP contribution in [0.5, 0.6) is 0 Å². The number of aromatic nitrogens is 1. The van der Waals surface area contributed by atoms with Crippen LogP contribution in [0.4, 0.5) is 4.79 Å². The lowest BCUT2D eigenvalue weighted by Crippen LogP contribution is -2.41. The SMILES string of the molecule is CC1(C)OB(C(=Cc2ccc3c(C=O)c[nH]c3c2)CNC(=O)OCc2ccccc2)OC1(C)C. The summed E-state index contributed by atoms with van der Waals surface area (Å²) in [5.41, 5.74) is 2.96. The van der Waals surface area contributed by atoms with Gasteiger partial charge < -0.3 is 24.3 Å². The number of amides is 1. The first-order valence-electron chi connectivity index (χ1n) is 11.3. The molecule has 3 aromatic rings. The molecule has 0 spiro atoms. The van der Waals surface area contributed by atoms with Gasteiger partial charge in [-0.3, -0.25) is 4.79 Å². The maximum atomic E-state index is 12.4. The summed E-state index contributed by atoms with van der Waals surface area (Å²) in [4.78, 5) is 26.7. The molecule has 0 radical (unpaired) electrons. The van der Waals surface area contributed by atoms with E-state index in [4.69, 9.17) is 14.0 Å². The molecule has 1 saturated heterocycles. The van der Waals surface area contributed by atoms with E-state index in [0.717, 1.165) is 33.8 Å². The molecule has 0 aliphatic carbocycles. The lowest BCUT2D eigenvalue weighted by molar-refractivity contribution is 0.00578. The zero-order chi connectivity index (χ0) is 24.3. The Morgan fingerprint density at radius 2 is 1.79 bits per heavy atom. The largest absolute Gasteiger partial charge is 0.492 e. The van der Waals surface area contributed by atoms with E-state index in [-0.39, 0.29) is 13.2 Å². The van der Waals surface area contributed by atoms with Crippen LogP contribution in [-0.2, 0) is 20.7 Å². The molecule has 4 rings (SSSR count). The highest BCUT2D eigenvalue weighted by atomic mass is 16.7. The van der Waals surface area contributed by atoms with Crippen LogP contribution in [0.25, 0.3) is 17.0 Å². The van der Waals surface area contributed by atoms with Crippen LogP contribution in [0.15, 0.2) is 60.2 Å². The van der Waals surface area contributed by atoms with E-state index in [9.17, 15) is 9.59 Å². The van der Waals surface area contributed by atoms with Gasteiger partial charge in [-0.25, -0.2) is 4.79 Å². The molecule has 0 saturated carbocycles. The molecule has 1 aliphatic rings. The van der Waals surface area contributed by atoms with Crippen LogP contribution in [0, 0.1) is 0 Å². The third kappa shape index (κ3) is 5.08. The molecule has 2 heterocycles. The highest BCUT2D eigenvalue weighted by molar-refractivity contribution is 6.56. The van der Waals surface area contributed by atoms with E-state index in [1.807, 2.05) is 82.3 Å². The third-order valence-corrected chi connectivity index (χ3v) is 6.42. The predicted molar refractivity (Wildman–Crippen MR) is 132 cm³/mol. The Hall–Kier alpha value is -3.36. The number of carbonyl (C=O) groups excluding carboxylic acids is 2. The minimum atomic E-state index is -0.635. The summed E-state index contributed by atoms with van der Waals surface area (Å²) in [7, 11) is -0.635. The molecule has 176 valence electrons. The second-order valence-electron chi connectivity index (χ2n) is 9.39. The molecule has 0 unspecified atom stereocenters. The van der Waals surface area contributed by atoms with Gasteiger partial charge in [0.15, 0.2) is 6.29 Å². The standard InChI is InChI=1S/C26H29BN2O5/c1-25(2)26(3,4)34-27(33-25)21(15-29-24(31)32-17-18-8-6-5-7-9-18)12-19-10-11-22-20(16-30)14-28-23(22)13-19/h5-14,16,28H,15,17H2,1-4H3,(H,29,31). The van der Waals surface area contributed by atoms with Crippen molar-refractivity contribution < 1.29 is 23.6 Å². The van der Waals surface area contributed by atoms with Crippen LogP contribution < -0.4 is 5.32 Å². The summed E-state index contributed by atoms with van der Waals surface area (Å²) in [5, 5.41) is 3.67. The number of hydrogen-bond donors (Lipinski definition) is 2. The van der Waals surface area contributed by atoms with E-state index in [0.29, 0.717) is 5.56 Å². The van der Waals surface area contributed by atoms with Gasteiger partial charge >= 0.3 is 13.2 Å². The number of benzene rings is 2. The maximum absolute atomic E-state index is 12.4. The molecule has 0 bridgehead atoms. The predicted octanol–water partition coefficient (Wildman–Crippen LogP) is 4.92. The zero-order valence-electron chi connectivity index (χ0n) is 19.9. The van der Waals surface area contributed by atoms with Crippen molar-refractivity contribution in [2.45, 2.75) is 45.5 Å². The Balaban J connectivity index is 1.53. The first-order valence-corrected chi connectivity index (χ1v) is 11.3. The average Bonchev–Trinajstić information content (AvgIpc) is 3.31. The first kappa shape index (κ1) is 23.8. The monoisotopic (exact) mass is 460 g/mol. The fourth-order valence-electron chi connectivity index (χ4n) is 3.71. The number of nitrogens with one attached hydrogen (secondary N) is 2. The summed E-state index contributed by atoms with van der Waals surface area (Å²) >= 11 is 0. The highest BCUT2D eigenvalue weighted by Gasteiger charge is 2.52. The molecule has 2 N–H and O–H groups in total. The Kier molecular flexibility index (Phi) is 6.64. The smallest absolute Gasteiger partial charge is 0.445 e. The van der Waals surface area contributed by atoms with Gasteiger partial charge in [0.2, 0.25) is 0 Å². The summed E-state index contributed by atoms with van der Waals surface area (Å²) < 4.78 is 17.8. The summed E-state index contributed by atoms with van der Waals surface area (Å²) in [6.45, 7) is 8.31. The molecule has 0 atom stereocenters. The van der Waals surface area contributed by atoms with Crippen molar-refractivity contribution >= 4 is 36.5 Å². The number of fused-ring (bicyclic) bond motifs is 1. The normalized spacial score (nSPS) is 17.1. The van der Waals surface area contributed by atoms with Gasteiger partial charge in [-0.2, -0.15) is 0 Å². The number of rotatable bonds is 7. The van der Waals surface area contributed by atoms with Crippen molar-refractivity contribution in [1.29, 1.82) is 0 Å². The number of ether oxygens (including phenoxy) is 1. The van der Waals surface area contributed by atoms with Crippen molar-refractivity contribution in [3.8, 4) is 0 Å². The van der Waals surface area contributed by atoms with Gasteiger partial charge in [-0.1, -0.05) is 48.5 Å². The molecule has 1 amide bonds. The van der Waals surface area contributed by atoms with Crippen molar-refractivity contribution in [3.63, 3.8) is 0 Å². The van der Waals surface area contributed by atoms with E-state index >= 15 is 0 Å². The van der Waals surface area contributed by atoms with Crippen molar-refractivity contribution in [1.82, 2.24) is 10.3 Å². The summed E-state index contributed by atoms with van der Waals surface area (Å²) in [6.07, 6.45) is 3.92. The van der Waals surface area contributed by atoms with Crippen LogP contribution in [0.3, 0.4) is 0 Å². The Morgan fingerprint density at radius 1 is 1.09 bits per heavy atom. The van der Waals surface area contributed by atoms with Crippen LogP contribution in [0.2, 0.25) is 0 Å². The summed E-state index contributed by atoms with van der Waals surface area (Å²) in [6, 6.07) is 15.3. The van der Waals surface area contributed by atoms with E-state index < -0.39 is 24.4 Å². The molecule has 34 heavy (non-hydrogen) atoms. The zero-order valence-corrected chi connectivity index (χ0v) is 19.9. The van der Waals surface area contributed by atoms with Gasteiger partial charge in [0.05, 0.1) is 11.2 Å². The highest BCUT2D eigenvalue weighted by Crippen LogP contribution is 2.38. The first-order chi connectivity index (χ1) is 16.2. The number of aldehydes is 1. The Morgan fingerprint density at radius 3 is 2.47 bits per heavy atom. The topological polar surface area (TPSA) is 89.7 Å². The second-order valence-corrected chi connectivity index (χ2v) is 9.39. The molecule has 1 fully saturated rings. The number of alkyl carbamates (subject to hydrolysis) is 1. The molecule has 1 aromatic heterocycles. The Bertz CT molecular complexity index is 1200. The number of carbonyl (C=O) groups is 2. The lowest BCUT2D eigenvalue weighted by atomic mass is 9.77. The number of H-pyrrole nitrogens is 1. The fraction of sp³-hybridized carbons (Fsp3) is 0.308. The van der Waals surface area contributed by atoms with Crippen molar-refractivity contribution in [2.75, 3.05) is 6.54 Å². The average molecular weight is 460 g/mol. The maximum Gasteiger partial charge on any atom is 0.492 e. The summed E-state index contributed by atoms with van der Waals surface area (Å²) in [5.74, 6) is 0. The molecular formula is C26H29BN2O5. The van der Waals surface area contributed by atoms with Gasteiger partial charge in [-0.15, -0.1) is 0 Å². The molecule has 1 aliphatic heterocycles. The van der Waals surface area contributed by atoms with Gasteiger partial charge in [0, 0.05) is 29.2 Å². The van der Waals surface area contributed by atoms with Gasteiger partial charge in [0.25, 0.3) is 0 Å². The molecular weight excluding hydrogens is 431 g/mol. The fourth-order valence-corrected chi connectivity index (χ4v) is 3.71. The van der Waals surface area contributed by atoms with Gasteiger partial charge in [0.1, 0.15) is 6.61 Å². The van der Waals surface area contributed by atoms with Gasteiger partial charge in [-0.05, 0) is 50.4 Å². The van der Waals surface area contributed by atoms with Crippen molar-refractivity contribution in [2.24, 2.45) is 0 Å². The van der Waals surface area contributed by atoms with Crippen LogP contribution in [0.1, 0.15) is 49.2 Å². The lowest BCUT2D eigenvalue weighted by Gasteiger charge is -2.32. The minimum Gasteiger partial charge on any atom is -0.445 e. The Labute approximate surface area is 199 Å². The third-order valence-electron chi connectivity index (χ3n) is 6.42. The van der Waals surface area contributed by atoms with Crippen LogP contribution >= 0.6 is 0 Å². The van der Waals surface area contributed by atoms with E-state index in [1.165, 1.54) is 0 Å². The molecule has 2 aromatic carbocycles. The van der Waals surface area contributed by atoms with E-state index in [1.54, 1.807) is 6.20 Å².